The van der Waals surface area contributed by atoms with Crippen LogP contribution in [0.2, 0.25) is 0 Å². The maximum atomic E-state index is 11.1. The van der Waals surface area contributed by atoms with E-state index in [9.17, 15) is 4.79 Å². The first-order valence-electron chi connectivity index (χ1n) is 5.57. The van der Waals surface area contributed by atoms with Crippen molar-refractivity contribution in [3.8, 4) is 0 Å². The van der Waals surface area contributed by atoms with Gasteiger partial charge >= 0.3 is 5.97 Å². The molecule has 3 heteroatoms. The van der Waals surface area contributed by atoms with E-state index >= 15 is 0 Å². The zero-order chi connectivity index (χ0) is 10.8. The van der Waals surface area contributed by atoms with Crippen LogP contribution in [0.4, 0.5) is 0 Å². The number of carbonyl (C=O) groups excluding carboxylic acids is 1. The van der Waals surface area contributed by atoms with E-state index in [0.717, 1.165) is 25.8 Å². The van der Waals surface area contributed by atoms with Crippen molar-refractivity contribution in [1.29, 1.82) is 0 Å². The lowest BCUT2D eigenvalue weighted by molar-refractivity contribution is -0.143. The molecule has 14 heavy (non-hydrogen) atoms. The van der Waals surface area contributed by atoms with E-state index in [1.54, 1.807) is 0 Å². The molecule has 3 nitrogen and oxygen atoms in total. The van der Waals surface area contributed by atoms with Crippen molar-refractivity contribution < 1.29 is 9.53 Å². The second-order valence-electron chi connectivity index (χ2n) is 3.75. The van der Waals surface area contributed by atoms with Crippen LogP contribution in [0.15, 0.2) is 0 Å². The topological polar surface area (TPSA) is 38.3 Å². The molecule has 0 rings (SSSR count). The first-order valence-corrected chi connectivity index (χ1v) is 5.57. The molecule has 0 fully saturated rings. The lowest BCUT2D eigenvalue weighted by Crippen LogP contribution is -2.26. The highest BCUT2D eigenvalue weighted by atomic mass is 16.5. The Bertz CT molecular complexity index is 148. The van der Waals surface area contributed by atoms with Crippen molar-refractivity contribution >= 4 is 5.97 Å². The average Bonchev–Trinajstić information content (AvgIpc) is 2.16. The Balaban J connectivity index is 3.34. The maximum absolute atomic E-state index is 11.1. The van der Waals surface area contributed by atoms with Crippen LogP contribution in [-0.2, 0) is 9.53 Å². The summed E-state index contributed by atoms with van der Waals surface area (Å²) in [5.41, 5.74) is 0. The van der Waals surface area contributed by atoms with Gasteiger partial charge in [-0.15, -0.1) is 0 Å². The second-order valence-corrected chi connectivity index (χ2v) is 3.75. The highest BCUT2D eigenvalue weighted by Gasteiger charge is 2.05. The molecule has 0 aliphatic heterocycles. The van der Waals surface area contributed by atoms with E-state index in [-0.39, 0.29) is 5.97 Å². The molecule has 0 saturated heterocycles. The number of carbonyl (C=O) groups is 1. The Morgan fingerprint density at radius 1 is 1.36 bits per heavy atom. The summed E-state index contributed by atoms with van der Waals surface area (Å²) in [4.78, 5) is 11.1. The second kappa shape index (κ2) is 9.00. The lowest BCUT2D eigenvalue weighted by Gasteiger charge is -2.10. The Kier molecular flexibility index (Phi) is 8.64. The van der Waals surface area contributed by atoms with Gasteiger partial charge in [-0.3, -0.25) is 4.79 Å². The molecule has 1 N–H and O–H groups in total. The molecule has 0 spiro atoms. The van der Waals surface area contributed by atoms with Gasteiger partial charge in [-0.25, -0.2) is 0 Å². The van der Waals surface area contributed by atoms with Gasteiger partial charge in [0.05, 0.1) is 13.2 Å². The minimum atomic E-state index is -0.138. The number of esters is 1. The van der Waals surface area contributed by atoms with Gasteiger partial charge < -0.3 is 10.1 Å². The minimum absolute atomic E-state index is 0.138. The Morgan fingerprint density at radius 2 is 2.07 bits per heavy atom. The van der Waals surface area contributed by atoms with Crippen LogP contribution in [0.3, 0.4) is 0 Å². The highest BCUT2D eigenvalue weighted by molar-refractivity contribution is 5.71. The fraction of sp³-hybridized carbons (Fsp3) is 0.909. The summed E-state index contributed by atoms with van der Waals surface area (Å²) in [6.07, 6.45) is 3.31. The summed E-state index contributed by atoms with van der Waals surface area (Å²) in [6.45, 7) is 8.09. The van der Waals surface area contributed by atoms with Crippen molar-refractivity contribution in [3.05, 3.63) is 0 Å². The van der Waals surface area contributed by atoms with Crippen LogP contribution < -0.4 is 5.32 Å². The summed E-state index contributed by atoms with van der Waals surface area (Å²) < 4.78 is 5.10. The Labute approximate surface area is 87.2 Å². The molecule has 1 atom stereocenters. The fourth-order valence-corrected chi connectivity index (χ4v) is 1.23. The molecule has 0 heterocycles. The molecular weight excluding hydrogens is 178 g/mol. The van der Waals surface area contributed by atoms with E-state index in [4.69, 9.17) is 4.74 Å². The zero-order valence-electron chi connectivity index (χ0n) is 9.64. The predicted molar refractivity (Wildman–Crippen MR) is 58.2 cm³/mol. The van der Waals surface area contributed by atoms with Gasteiger partial charge in [-0.1, -0.05) is 27.2 Å². The average molecular weight is 201 g/mol. The van der Waals surface area contributed by atoms with Gasteiger partial charge in [0, 0.05) is 0 Å². The molecule has 0 aliphatic rings. The largest absolute Gasteiger partial charge is 0.464 e. The molecule has 0 amide bonds. The number of hydrogen-bond acceptors (Lipinski definition) is 3. The molecule has 0 bridgehead atoms. The van der Waals surface area contributed by atoms with Gasteiger partial charge in [0.1, 0.15) is 0 Å². The van der Waals surface area contributed by atoms with Gasteiger partial charge in [-0.2, -0.15) is 0 Å². The van der Waals surface area contributed by atoms with E-state index in [2.05, 4.69) is 26.1 Å². The Hall–Kier alpha value is -0.570. The van der Waals surface area contributed by atoms with Crippen molar-refractivity contribution in [1.82, 2.24) is 5.32 Å². The highest BCUT2D eigenvalue weighted by Crippen LogP contribution is 2.04. The summed E-state index contributed by atoms with van der Waals surface area (Å²) in [6, 6.07) is 0. The zero-order valence-corrected chi connectivity index (χ0v) is 9.64. The molecule has 1 unspecified atom stereocenters. The van der Waals surface area contributed by atoms with Gasteiger partial charge in [0.15, 0.2) is 0 Å². The van der Waals surface area contributed by atoms with Crippen LogP contribution in [0.5, 0.6) is 0 Å². The maximum Gasteiger partial charge on any atom is 0.319 e. The first-order chi connectivity index (χ1) is 6.70. The monoisotopic (exact) mass is 201 g/mol. The molecule has 0 saturated carbocycles. The Morgan fingerprint density at radius 3 is 2.64 bits per heavy atom. The number of hydrogen-bond donors (Lipinski definition) is 1. The molecule has 0 aliphatic carbocycles. The van der Waals surface area contributed by atoms with Crippen LogP contribution >= 0.6 is 0 Å². The summed E-state index contributed by atoms with van der Waals surface area (Å²) in [5, 5.41) is 3.02. The van der Waals surface area contributed by atoms with Crippen molar-refractivity contribution in [3.63, 3.8) is 0 Å². The van der Waals surface area contributed by atoms with E-state index in [0.29, 0.717) is 19.1 Å². The summed E-state index contributed by atoms with van der Waals surface area (Å²) >= 11 is 0. The smallest absolute Gasteiger partial charge is 0.319 e. The summed E-state index contributed by atoms with van der Waals surface area (Å²) in [7, 11) is 0. The van der Waals surface area contributed by atoms with Crippen molar-refractivity contribution in [2.45, 2.75) is 40.0 Å². The third kappa shape index (κ3) is 8.05. The van der Waals surface area contributed by atoms with E-state index < -0.39 is 0 Å². The number of nitrogens with one attached hydrogen (secondary N) is 1. The summed E-state index contributed by atoms with van der Waals surface area (Å²) in [5.74, 6) is 0.344. The third-order valence-electron chi connectivity index (χ3n) is 2.01. The van der Waals surface area contributed by atoms with Crippen LogP contribution in [0, 0.1) is 5.92 Å². The van der Waals surface area contributed by atoms with Gasteiger partial charge in [0.25, 0.3) is 0 Å². The molecule has 0 aromatic heterocycles. The van der Waals surface area contributed by atoms with Crippen LogP contribution in [0.1, 0.15) is 40.0 Å². The van der Waals surface area contributed by atoms with Crippen molar-refractivity contribution in [2.75, 3.05) is 19.7 Å². The van der Waals surface area contributed by atoms with Crippen LogP contribution in [0.25, 0.3) is 0 Å². The molecular formula is C11H23NO2. The molecule has 84 valence electrons. The van der Waals surface area contributed by atoms with Gasteiger partial charge in [0.2, 0.25) is 0 Å². The minimum Gasteiger partial charge on any atom is -0.464 e. The third-order valence-corrected chi connectivity index (χ3v) is 2.01. The quantitative estimate of drug-likeness (QED) is 0.482. The van der Waals surface area contributed by atoms with Crippen LogP contribution in [-0.4, -0.2) is 25.7 Å². The predicted octanol–water partition coefficient (Wildman–Crippen LogP) is 1.97. The standard InChI is InChI=1S/C11H23NO2/c1-4-6-10(3)9-14-11(13)8-12-7-5-2/h10,12H,4-9H2,1-3H3. The molecule has 0 aromatic rings. The number of rotatable bonds is 8. The first kappa shape index (κ1) is 13.4. The normalized spacial score (nSPS) is 12.5. The molecule has 0 radical (unpaired) electrons. The molecule has 0 aromatic carbocycles. The fourth-order valence-electron chi connectivity index (χ4n) is 1.23. The van der Waals surface area contributed by atoms with E-state index in [1.165, 1.54) is 0 Å². The SMILES string of the molecule is CCCNCC(=O)OCC(C)CCC. The van der Waals surface area contributed by atoms with E-state index in [1.807, 2.05) is 0 Å². The van der Waals surface area contributed by atoms with Crippen molar-refractivity contribution in [2.24, 2.45) is 5.92 Å². The number of ether oxygens (including phenoxy) is 1. The van der Waals surface area contributed by atoms with Gasteiger partial charge in [-0.05, 0) is 25.3 Å². The lowest BCUT2D eigenvalue weighted by atomic mass is 10.1.